The number of allylic oxidation sites excluding steroid dienone is 1. The van der Waals surface area contributed by atoms with Gasteiger partial charge in [0.2, 0.25) is 0 Å². The van der Waals surface area contributed by atoms with Crippen molar-refractivity contribution in [1.82, 2.24) is 4.90 Å². The van der Waals surface area contributed by atoms with Crippen LogP contribution in [0.3, 0.4) is 0 Å². The van der Waals surface area contributed by atoms with Gasteiger partial charge >= 0.3 is 0 Å². The van der Waals surface area contributed by atoms with Crippen LogP contribution >= 0.6 is 11.8 Å². The number of fused-ring (bicyclic) bond motifs is 1. The number of rotatable bonds is 10. The molecule has 0 radical (unpaired) electrons. The number of benzene rings is 4. The fraction of sp³-hybridized carbons (Fsp3) is 0.152. The van der Waals surface area contributed by atoms with Crippen LogP contribution in [-0.2, 0) is 24.4 Å². The SMILES string of the molecule is C=CCc1cc(/C=C2\SC(=O)N(Cc3cccc4ccccc34)C2=O)cc(OCC)c1OCc1ccccc1. The highest BCUT2D eigenvalue weighted by Crippen LogP contribution is 2.38. The molecule has 1 saturated heterocycles. The van der Waals surface area contributed by atoms with Gasteiger partial charge in [0.25, 0.3) is 11.1 Å². The van der Waals surface area contributed by atoms with Crippen LogP contribution in [0.4, 0.5) is 4.79 Å². The van der Waals surface area contributed by atoms with E-state index < -0.39 is 0 Å². The van der Waals surface area contributed by atoms with Gasteiger partial charge in [-0.05, 0) is 70.8 Å². The number of carbonyl (C=O) groups is 2. The van der Waals surface area contributed by atoms with Gasteiger partial charge in [-0.3, -0.25) is 14.5 Å². The Kier molecular flexibility index (Phi) is 8.13. The van der Waals surface area contributed by atoms with Crippen LogP contribution in [0.2, 0.25) is 0 Å². The van der Waals surface area contributed by atoms with Gasteiger partial charge < -0.3 is 9.47 Å². The lowest BCUT2D eigenvalue weighted by atomic mass is 10.0. The lowest BCUT2D eigenvalue weighted by Gasteiger charge is -2.17. The van der Waals surface area contributed by atoms with Crippen LogP contribution in [0.1, 0.15) is 29.2 Å². The fourth-order valence-electron chi connectivity index (χ4n) is 4.62. The van der Waals surface area contributed by atoms with E-state index in [1.165, 1.54) is 4.90 Å². The summed E-state index contributed by atoms with van der Waals surface area (Å²) in [6.07, 6.45) is 4.13. The molecule has 1 heterocycles. The van der Waals surface area contributed by atoms with Gasteiger partial charge in [-0.15, -0.1) is 6.58 Å². The molecule has 5 nitrogen and oxygen atoms in total. The molecule has 0 atom stereocenters. The average Bonchev–Trinajstić information content (AvgIpc) is 3.21. The van der Waals surface area contributed by atoms with Crippen molar-refractivity contribution in [2.45, 2.75) is 26.5 Å². The first-order chi connectivity index (χ1) is 19.1. The molecule has 1 aliphatic heterocycles. The maximum absolute atomic E-state index is 13.4. The molecule has 1 aliphatic rings. The second-order valence-corrected chi connectivity index (χ2v) is 10.1. The molecule has 5 rings (SSSR count). The summed E-state index contributed by atoms with van der Waals surface area (Å²) >= 11 is 0.958. The molecule has 39 heavy (non-hydrogen) atoms. The Bertz CT molecular complexity index is 1560. The molecule has 0 N–H and O–H groups in total. The van der Waals surface area contributed by atoms with Crippen LogP contribution in [-0.4, -0.2) is 22.7 Å². The minimum absolute atomic E-state index is 0.224. The smallest absolute Gasteiger partial charge is 0.293 e. The van der Waals surface area contributed by atoms with Crippen molar-refractivity contribution in [3.8, 4) is 11.5 Å². The van der Waals surface area contributed by atoms with Crippen LogP contribution in [0.5, 0.6) is 11.5 Å². The standard InChI is InChI=1S/C33H29NO4S/c1-3-11-26-18-24(19-29(37-4-2)31(26)38-22-23-12-6-5-7-13-23)20-30-32(35)34(33(36)39-30)21-27-16-10-15-25-14-8-9-17-28(25)27/h3,5-10,12-20H,1,4,11,21-22H2,2H3/b30-20-. The summed E-state index contributed by atoms with van der Waals surface area (Å²) in [5, 5.41) is 1.83. The highest BCUT2D eigenvalue weighted by Gasteiger charge is 2.35. The molecule has 6 heteroatoms. The molecule has 196 valence electrons. The van der Waals surface area contributed by atoms with E-state index in [9.17, 15) is 9.59 Å². The monoisotopic (exact) mass is 535 g/mol. The largest absolute Gasteiger partial charge is 0.490 e. The lowest BCUT2D eigenvalue weighted by Crippen LogP contribution is -2.27. The van der Waals surface area contributed by atoms with Gasteiger partial charge in [0, 0.05) is 5.56 Å². The Morgan fingerprint density at radius 1 is 0.897 bits per heavy atom. The predicted octanol–water partition coefficient (Wildman–Crippen LogP) is 7.78. The summed E-state index contributed by atoms with van der Waals surface area (Å²) < 4.78 is 12.2. The first-order valence-electron chi connectivity index (χ1n) is 12.9. The van der Waals surface area contributed by atoms with Gasteiger partial charge in [-0.25, -0.2) is 0 Å². The molecular formula is C33H29NO4S. The maximum atomic E-state index is 13.4. The van der Waals surface area contributed by atoms with Crippen molar-refractivity contribution in [1.29, 1.82) is 0 Å². The lowest BCUT2D eigenvalue weighted by molar-refractivity contribution is -0.123. The zero-order valence-corrected chi connectivity index (χ0v) is 22.6. The first kappa shape index (κ1) is 26.3. The Morgan fingerprint density at radius 2 is 1.67 bits per heavy atom. The van der Waals surface area contributed by atoms with Crippen LogP contribution in [0.15, 0.2) is 102 Å². The highest BCUT2D eigenvalue weighted by molar-refractivity contribution is 8.18. The summed E-state index contributed by atoms with van der Waals surface area (Å²) in [5.41, 5.74) is 3.64. The zero-order valence-electron chi connectivity index (χ0n) is 21.8. The summed E-state index contributed by atoms with van der Waals surface area (Å²) in [5.74, 6) is 0.946. The first-order valence-corrected chi connectivity index (χ1v) is 13.7. The number of hydrogen-bond donors (Lipinski definition) is 0. The number of ether oxygens (including phenoxy) is 2. The third-order valence-corrected chi connectivity index (χ3v) is 7.33. The topological polar surface area (TPSA) is 55.8 Å². The molecule has 0 bridgehead atoms. The quantitative estimate of drug-likeness (QED) is 0.153. The molecule has 0 aromatic heterocycles. The van der Waals surface area contributed by atoms with E-state index in [1.807, 2.05) is 97.9 Å². The summed E-state index contributed by atoms with van der Waals surface area (Å²) in [4.78, 5) is 27.9. The molecule has 4 aromatic carbocycles. The Balaban J connectivity index is 1.43. The molecule has 2 amide bonds. The summed E-state index contributed by atoms with van der Waals surface area (Å²) in [6, 6.07) is 27.7. The van der Waals surface area contributed by atoms with E-state index in [2.05, 4.69) is 6.58 Å². The van der Waals surface area contributed by atoms with Gasteiger partial charge in [-0.2, -0.15) is 0 Å². The number of carbonyl (C=O) groups excluding carboxylic acids is 2. The van der Waals surface area contributed by atoms with E-state index >= 15 is 0 Å². The van der Waals surface area contributed by atoms with Crippen molar-refractivity contribution in [2.75, 3.05) is 6.61 Å². The maximum Gasteiger partial charge on any atom is 0.293 e. The predicted molar refractivity (Wildman–Crippen MR) is 158 cm³/mol. The summed E-state index contributed by atoms with van der Waals surface area (Å²) in [6.45, 7) is 6.89. The van der Waals surface area contributed by atoms with E-state index in [4.69, 9.17) is 9.47 Å². The molecule has 1 fully saturated rings. The third-order valence-electron chi connectivity index (χ3n) is 6.42. The van der Waals surface area contributed by atoms with Gasteiger partial charge in [0.05, 0.1) is 18.1 Å². The molecule has 0 aliphatic carbocycles. The fourth-order valence-corrected chi connectivity index (χ4v) is 5.46. The number of thioether (sulfide) groups is 1. The minimum Gasteiger partial charge on any atom is -0.490 e. The number of nitrogens with zero attached hydrogens (tertiary/aromatic N) is 1. The van der Waals surface area contributed by atoms with Crippen LogP contribution in [0, 0.1) is 0 Å². The Hall–Kier alpha value is -4.29. The summed E-state index contributed by atoms with van der Waals surface area (Å²) in [7, 11) is 0. The van der Waals surface area contributed by atoms with Gasteiger partial charge in [0.1, 0.15) is 6.61 Å². The minimum atomic E-state index is -0.300. The van der Waals surface area contributed by atoms with Crippen molar-refractivity contribution in [2.24, 2.45) is 0 Å². The van der Waals surface area contributed by atoms with Crippen molar-refractivity contribution < 1.29 is 19.1 Å². The van der Waals surface area contributed by atoms with Crippen molar-refractivity contribution in [3.05, 3.63) is 125 Å². The zero-order chi connectivity index (χ0) is 27.2. The molecule has 0 unspecified atom stereocenters. The van der Waals surface area contributed by atoms with Crippen molar-refractivity contribution in [3.63, 3.8) is 0 Å². The van der Waals surface area contributed by atoms with E-state index in [0.717, 1.165) is 44.8 Å². The van der Waals surface area contributed by atoms with E-state index in [-0.39, 0.29) is 17.7 Å². The molecular weight excluding hydrogens is 506 g/mol. The van der Waals surface area contributed by atoms with Crippen LogP contribution < -0.4 is 9.47 Å². The molecule has 4 aromatic rings. The van der Waals surface area contributed by atoms with E-state index in [0.29, 0.717) is 36.0 Å². The second kappa shape index (κ2) is 12.0. The normalized spacial score (nSPS) is 14.3. The second-order valence-electron chi connectivity index (χ2n) is 9.11. The number of hydrogen-bond acceptors (Lipinski definition) is 5. The number of imide groups is 1. The van der Waals surface area contributed by atoms with E-state index in [1.54, 1.807) is 6.08 Å². The molecule has 0 saturated carbocycles. The Labute approximate surface area is 232 Å². The van der Waals surface area contributed by atoms with Gasteiger partial charge in [-0.1, -0.05) is 78.9 Å². The average molecular weight is 536 g/mol. The van der Waals surface area contributed by atoms with Crippen LogP contribution in [0.25, 0.3) is 16.8 Å². The Morgan fingerprint density at radius 3 is 2.46 bits per heavy atom. The highest BCUT2D eigenvalue weighted by atomic mass is 32.2. The number of amides is 2. The van der Waals surface area contributed by atoms with Crippen molar-refractivity contribution >= 4 is 39.8 Å². The van der Waals surface area contributed by atoms with Gasteiger partial charge in [0.15, 0.2) is 11.5 Å². The third kappa shape index (κ3) is 5.91. The molecule has 0 spiro atoms.